The normalized spacial score (nSPS) is 13.7. The minimum atomic E-state index is -0.648. The zero-order valence-corrected chi connectivity index (χ0v) is 12.1. The second-order valence-corrected chi connectivity index (χ2v) is 4.85. The van der Waals surface area contributed by atoms with E-state index in [0.29, 0.717) is 12.3 Å². The van der Waals surface area contributed by atoms with Gasteiger partial charge in [0.15, 0.2) is 7.05 Å². The molecule has 1 unspecified atom stereocenters. The smallest absolute Gasteiger partial charge is 0.316 e. The summed E-state index contributed by atoms with van der Waals surface area (Å²) in [6, 6.07) is 7.12. The summed E-state index contributed by atoms with van der Waals surface area (Å²) in [4.78, 5) is 23.4. The number of hydrogen-bond donors (Lipinski definition) is 0. The Morgan fingerprint density at radius 1 is 1.26 bits per heavy atom. The third kappa shape index (κ3) is 3.40. The number of nitroso groups, excluding NO2 is 1. The van der Waals surface area contributed by atoms with Gasteiger partial charge in [-0.2, -0.15) is 0 Å². The van der Waals surface area contributed by atoms with E-state index in [1.54, 1.807) is 19.1 Å². The topological polar surface area (TPSA) is 46.4 Å². The Bertz CT molecular complexity index is 453. The van der Waals surface area contributed by atoms with Crippen molar-refractivity contribution in [2.45, 2.75) is 39.0 Å². The van der Waals surface area contributed by atoms with Crippen LogP contribution in [0.1, 0.15) is 39.2 Å². The molecule has 1 rings (SSSR count). The first kappa shape index (κ1) is 15.3. The summed E-state index contributed by atoms with van der Waals surface area (Å²) in [5.74, 6) is -0.208. The van der Waals surface area contributed by atoms with Gasteiger partial charge in [-0.25, -0.2) is 0 Å². The molecule has 1 aromatic rings. The Morgan fingerprint density at radius 2 is 1.84 bits per heavy atom. The van der Waals surface area contributed by atoms with Crippen LogP contribution in [0.15, 0.2) is 24.3 Å². The van der Waals surface area contributed by atoms with E-state index in [1.807, 2.05) is 26.0 Å². The number of rotatable bonds is 6. The van der Waals surface area contributed by atoms with Crippen molar-refractivity contribution in [2.24, 2.45) is 0 Å². The molecule has 0 heterocycles. The number of carbonyl (C=O) groups excluding carboxylic acids is 1. The largest absolute Gasteiger partial charge is 0.465 e. The van der Waals surface area contributed by atoms with Crippen LogP contribution in [0.25, 0.3) is 0 Å². The first-order valence-corrected chi connectivity index (χ1v) is 6.64. The van der Waals surface area contributed by atoms with E-state index in [-0.39, 0.29) is 5.97 Å². The van der Waals surface area contributed by atoms with Gasteiger partial charge in [0.05, 0.1) is 12.0 Å². The molecule has 0 radical (unpaired) electrons. The number of esters is 1. The van der Waals surface area contributed by atoms with Crippen molar-refractivity contribution in [3.8, 4) is 0 Å². The van der Waals surface area contributed by atoms with Crippen LogP contribution >= 0.6 is 0 Å². The summed E-state index contributed by atoms with van der Waals surface area (Å²) in [7, 11) is 1.45. The molecule has 4 nitrogen and oxygen atoms in total. The number of benzene rings is 1. The Morgan fingerprint density at radius 3 is 2.26 bits per heavy atom. The van der Waals surface area contributed by atoms with Crippen molar-refractivity contribution in [2.75, 3.05) is 13.7 Å². The Hall–Kier alpha value is -1.71. The highest BCUT2D eigenvalue weighted by atomic mass is 16.5. The van der Waals surface area contributed by atoms with Gasteiger partial charge in [0, 0.05) is 21.8 Å². The molecular formula is C15H22NO3+. The molecule has 104 valence electrons. The van der Waals surface area contributed by atoms with Crippen LogP contribution in [-0.2, 0) is 14.9 Å². The van der Waals surface area contributed by atoms with E-state index in [9.17, 15) is 9.70 Å². The van der Waals surface area contributed by atoms with E-state index in [4.69, 9.17) is 4.74 Å². The van der Waals surface area contributed by atoms with Crippen LogP contribution in [0.4, 0.5) is 5.69 Å². The number of ether oxygens (including phenoxy) is 1. The van der Waals surface area contributed by atoms with Gasteiger partial charge in [-0.15, -0.1) is 0 Å². The third-order valence-electron chi connectivity index (χ3n) is 3.34. The van der Waals surface area contributed by atoms with Crippen LogP contribution < -0.4 is 0 Å². The van der Waals surface area contributed by atoms with E-state index in [1.165, 1.54) is 7.05 Å². The summed E-state index contributed by atoms with van der Waals surface area (Å²) in [5, 5.41) is 0. The summed E-state index contributed by atoms with van der Waals surface area (Å²) in [6.07, 6.45) is 1.61. The molecule has 1 atom stereocenters. The molecule has 0 N–H and O–H groups in total. The van der Waals surface area contributed by atoms with Crippen LogP contribution in [0.5, 0.6) is 0 Å². The highest BCUT2D eigenvalue weighted by Gasteiger charge is 2.36. The van der Waals surface area contributed by atoms with Crippen molar-refractivity contribution < 1.29 is 14.3 Å². The third-order valence-corrected chi connectivity index (χ3v) is 3.34. The van der Waals surface area contributed by atoms with Crippen LogP contribution in [0.3, 0.4) is 0 Å². The van der Waals surface area contributed by atoms with Crippen molar-refractivity contribution in [3.05, 3.63) is 34.7 Å². The fourth-order valence-corrected chi connectivity index (χ4v) is 2.19. The average Bonchev–Trinajstić information content (AvgIpc) is 2.39. The fraction of sp³-hybridized carbons (Fsp3) is 0.533. The average molecular weight is 264 g/mol. The second kappa shape index (κ2) is 6.45. The number of nitrogens with zero attached hydrogens (tertiary/aromatic N) is 1. The van der Waals surface area contributed by atoms with Crippen molar-refractivity contribution >= 4 is 11.7 Å². The molecule has 0 saturated heterocycles. The summed E-state index contributed by atoms with van der Waals surface area (Å²) in [5.41, 5.74) is 0.815. The maximum Gasteiger partial charge on any atom is 0.316 e. The fourth-order valence-electron chi connectivity index (χ4n) is 2.19. The van der Waals surface area contributed by atoms with E-state index in [2.05, 4.69) is 0 Å². The summed E-state index contributed by atoms with van der Waals surface area (Å²) in [6.45, 7) is 6.11. The lowest BCUT2D eigenvalue weighted by Gasteiger charge is -2.27. The van der Waals surface area contributed by atoms with E-state index in [0.717, 1.165) is 23.2 Å². The van der Waals surface area contributed by atoms with Gasteiger partial charge >= 0.3 is 5.97 Å². The molecule has 0 amide bonds. The molecule has 0 aliphatic carbocycles. The molecular weight excluding hydrogens is 242 g/mol. The van der Waals surface area contributed by atoms with Gasteiger partial charge in [-0.05, 0) is 25.8 Å². The maximum absolute atomic E-state index is 12.2. The first-order chi connectivity index (χ1) is 8.95. The molecule has 4 heteroatoms. The number of carbonyl (C=O) groups is 1. The quantitative estimate of drug-likeness (QED) is 0.584. The predicted octanol–water partition coefficient (Wildman–Crippen LogP) is 3.35. The SMILES string of the molecule is CCCC(C)(C(=O)OCC)c1ccc([N+](C)=O)cc1. The molecule has 1 aromatic carbocycles. The van der Waals surface area contributed by atoms with Gasteiger partial charge in [0.2, 0.25) is 0 Å². The van der Waals surface area contributed by atoms with Gasteiger partial charge < -0.3 is 4.74 Å². The first-order valence-electron chi connectivity index (χ1n) is 6.64. The lowest BCUT2D eigenvalue weighted by molar-refractivity contribution is -0.428. The molecule has 19 heavy (non-hydrogen) atoms. The molecule has 0 aliphatic rings. The lowest BCUT2D eigenvalue weighted by atomic mass is 9.78. The molecule has 0 aliphatic heterocycles. The monoisotopic (exact) mass is 264 g/mol. The standard InChI is InChI=1S/C15H22NO3/c1-5-11-15(3,14(17)19-6-2)12-7-9-13(10-8-12)16(4)18/h7-10H,5-6,11H2,1-4H3/q+1. The second-order valence-electron chi connectivity index (χ2n) is 4.85. The van der Waals surface area contributed by atoms with Gasteiger partial charge in [0.1, 0.15) is 0 Å². The van der Waals surface area contributed by atoms with Crippen molar-refractivity contribution in [1.82, 2.24) is 0 Å². The highest BCUT2D eigenvalue weighted by Crippen LogP contribution is 2.31. The molecule has 0 bridgehead atoms. The molecule has 0 aromatic heterocycles. The van der Waals surface area contributed by atoms with Gasteiger partial charge in [-0.3, -0.25) is 4.79 Å². The summed E-state index contributed by atoms with van der Waals surface area (Å²) >= 11 is 0. The molecule has 0 spiro atoms. The zero-order valence-electron chi connectivity index (χ0n) is 12.1. The molecule has 0 saturated carbocycles. The Kier molecular flexibility index (Phi) is 5.21. The van der Waals surface area contributed by atoms with Crippen LogP contribution in [0, 0.1) is 4.91 Å². The van der Waals surface area contributed by atoms with Gasteiger partial charge in [-0.1, -0.05) is 25.5 Å². The summed E-state index contributed by atoms with van der Waals surface area (Å²) < 4.78 is 5.98. The zero-order chi connectivity index (χ0) is 14.5. The molecule has 0 fully saturated rings. The Balaban J connectivity index is 3.11. The predicted molar refractivity (Wildman–Crippen MR) is 74.5 cm³/mol. The van der Waals surface area contributed by atoms with Crippen LogP contribution in [-0.4, -0.2) is 24.4 Å². The van der Waals surface area contributed by atoms with Crippen molar-refractivity contribution in [1.29, 1.82) is 0 Å². The minimum Gasteiger partial charge on any atom is -0.465 e. The number of hydrogen-bond acceptors (Lipinski definition) is 3. The lowest BCUT2D eigenvalue weighted by Crippen LogP contribution is -2.34. The van der Waals surface area contributed by atoms with E-state index < -0.39 is 5.41 Å². The highest BCUT2D eigenvalue weighted by molar-refractivity contribution is 5.82. The minimum absolute atomic E-state index is 0.208. The maximum atomic E-state index is 12.2. The Labute approximate surface area is 114 Å². The van der Waals surface area contributed by atoms with Crippen LogP contribution in [0.2, 0.25) is 0 Å². The van der Waals surface area contributed by atoms with Crippen molar-refractivity contribution in [3.63, 3.8) is 0 Å². The van der Waals surface area contributed by atoms with E-state index >= 15 is 0 Å². The van der Waals surface area contributed by atoms with Gasteiger partial charge in [0.25, 0.3) is 5.69 Å².